The van der Waals surface area contributed by atoms with Crippen LogP contribution in [0.2, 0.25) is 0 Å². The summed E-state index contributed by atoms with van der Waals surface area (Å²) in [5.41, 5.74) is 3.64. The topological polar surface area (TPSA) is 117 Å². The number of carbonyl (C=O) groups is 1. The number of rotatable bonds is 5. The van der Waals surface area contributed by atoms with Gasteiger partial charge in [-0.1, -0.05) is 18.2 Å². The monoisotopic (exact) mass is 485 g/mol. The standard InChI is InChI=1S/C25H23N7O2S/c1-32-11-9-25(34,23(32)33)17-6-2-5-16(12-17)22-27-20(14-35-22)19-8-10-26-24(28-19)29-21-13-15-4-3-7-18(15)30-31-21/h2,5-6,8,10,12-14,34H,3-4,7,9,11H2,1H3,(H,26,28,29,31)/t25-/m1/s1. The molecular weight excluding hydrogens is 462 g/mol. The van der Waals surface area contributed by atoms with Gasteiger partial charge < -0.3 is 15.3 Å². The Hall–Kier alpha value is -3.76. The van der Waals surface area contributed by atoms with E-state index in [1.165, 1.54) is 16.9 Å². The third-order valence-electron chi connectivity index (χ3n) is 6.58. The number of benzene rings is 1. The van der Waals surface area contributed by atoms with E-state index in [-0.39, 0.29) is 5.91 Å². The van der Waals surface area contributed by atoms with E-state index in [0.29, 0.717) is 36.0 Å². The Bertz CT molecular complexity index is 1440. The number of carbonyl (C=O) groups excluding carboxylic acids is 1. The molecule has 0 bridgehead atoms. The van der Waals surface area contributed by atoms with Crippen molar-refractivity contribution in [1.82, 2.24) is 30.0 Å². The zero-order valence-electron chi connectivity index (χ0n) is 19.1. The van der Waals surface area contributed by atoms with Gasteiger partial charge in [0.1, 0.15) is 10.7 Å². The number of thiazole rings is 1. The number of likely N-dealkylation sites (tertiary alicyclic amines) is 1. The molecule has 1 fully saturated rings. The van der Waals surface area contributed by atoms with Crippen LogP contribution in [0.3, 0.4) is 0 Å². The Labute approximate surface area is 205 Å². The Balaban J connectivity index is 1.25. The summed E-state index contributed by atoms with van der Waals surface area (Å²) in [5, 5.41) is 25.4. The van der Waals surface area contributed by atoms with E-state index in [1.807, 2.05) is 35.7 Å². The van der Waals surface area contributed by atoms with Crippen LogP contribution < -0.4 is 5.32 Å². The van der Waals surface area contributed by atoms with Crippen molar-refractivity contribution in [2.75, 3.05) is 18.9 Å². The number of anilines is 2. The van der Waals surface area contributed by atoms with Crippen molar-refractivity contribution >= 4 is 29.0 Å². The largest absolute Gasteiger partial charge is 0.375 e. The number of hydrogen-bond donors (Lipinski definition) is 2. The van der Waals surface area contributed by atoms with E-state index in [9.17, 15) is 9.90 Å². The summed E-state index contributed by atoms with van der Waals surface area (Å²) in [6.07, 6.45) is 5.17. The van der Waals surface area contributed by atoms with Gasteiger partial charge in [-0.3, -0.25) is 4.79 Å². The van der Waals surface area contributed by atoms with Crippen LogP contribution in [0, 0.1) is 0 Å². The van der Waals surface area contributed by atoms with Crippen LogP contribution in [0.15, 0.2) is 48.0 Å². The van der Waals surface area contributed by atoms with Crippen molar-refractivity contribution in [1.29, 1.82) is 0 Å². The first kappa shape index (κ1) is 21.8. The van der Waals surface area contributed by atoms with Gasteiger partial charge in [-0.05, 0) is 48.6 Å². The van der Waals surface area contributed by atoms with E-state index in [0.717, 1.165) is 41.2 Å². The van der Waals surface area contributed by atoms with Crippen LogP contribution >= 0.6 is 11.3 Å². The molecule has 0 saturated carbocycles. The summed E-state index contributed by atoms with van der Waals surface area (Å²) in [4.78, 5) is 27.8. The molecule has 2 N–H and O–H groups in total. The van der Waals surface area contributed by atoms with E-state index in [2.05, 4.69) is 25.5 Å². The second kappa shape index (κ2) is 8.47. The first-order valence-corrected chi connectivity index (χ1v) is 12.4. The van der Waals surface area contributed by atoms with Crippen LogP contribution in [-0.2, 0) is 23.2 Å². The minimum absolute atomic E-state index is 0.274. The highest BCUT2D eigenvalue weighted by molar-refractivity contribution is 7.13. The van der Waals surface area contributed by atoms with Gasteiger partial charge >= 0.3 is 0 Å². The molecule has 0 radical (unpaired) electrons. The molecule has 3 aromatic heterocycles. The first-order valence-electron chi connectivity index (χ1n) is 11.5. The predicted molar refractivity (Wildman–Crippen MR) is 132 cm³/mol. The van der Waals surface area contributed by atoms with Gasteiger partial charge in [0.15, 0.2) is 11.4 Å². The minimum Gasteiger partial charge on any atom is -0.375 e. The maximum atomic E-state index is 12.5. The zero-order chi connectivity index (χ0) is 24.0. The first-order chi connectivity index (χ1) is 17.0. The SMILES string of the molecule is CN1CC[C@@](O)(c2cccc(-c3nc(-c4ccnc(Nc5cc6c(nn5)CCC6)n4)cs3)c2)C1=O. The second-order valence-corrected chi connectivity index (χ2v) is 9.76. The Kier molecular flexibility index (Phi) is 5.27. The molecule has 6 rings (SSSR count). The third-order valence-corrected chi connectivity index (χ3v) is 7.47. The van der Waals surface area contributed by atoms with Gasteiger partial charge in [-0.15, -0.1) is 16.4 Å². The van der Waals surface area contributed by atoms with Gasteiger partial charge in [-0.2, -0.15) is 5.10 Å². The summed E-state index contributed by atoms with van der Waals surface area (Å²) in [6, 6.07) is 11.2. The molecule has 1 aromatic carbocycles. The molecule has 0 unspecified atom stereocenters. The average Bonchev–Trinajstić information content (AvgIpc) is 3.61. The molecule has 10 heteroatoms. The van der Waals surface area contributed by atoms with Crippen molar-refractivity contribution < 1.29 is 9.90 Å². The minimum atomic E-state index is -1.49. The van der Waals surface area contributed by atoms with E-state index in [1.54, 1.807) is 24.2 Å². The molecule has 2 aliphatic rings. The number of likely N-dealkylation sites (N-methyl/N-ethyl adjacent to an activating group) is 1. The molecule has 35 heavy (non-hydrogen) atoms. The van der Waals surface area contributed by atoms with Crippen molar-refractivity contribution in [3.63, 3.8) is 0 Å². The smallest absolute Gasteiger partial charge is 0.258 e. The molecule has 9 nitrogen and oxygen atoms in total. The fraction of sp³-hybridized carbons (Fsp3) is 0.280. The van der Waals surface area contributed by atoms with Crippen molar-refractivity contribution in [2.24, 2.45) is 0 Å². The molecular formula is C25H23N7O2S. The lowest BCUT2D eigenvalue weighted by molar-refractivity contribution is -0.143. The molecule has 1 aliphatic heterocycles. The lowest BCUT2D eigenvalue weighted by atomic mass is 9.91. The lowest BCUT2D eigenvalue weighted by Gasteiger charge is -2.21. The van der Waals surface area contributed by atoms with Crippen LogP contribution in [-0.4, -0.2) is 54.7 Å². The van der Waals surface area contributed by atoms with E-state index >= 15 is 0 Å². The highest BCUT2D eigenvalue weighted by Gasteiger charge is 2.45. The summed E-state index contributed by atoms with van der Waals surface area (Å²) in [6.45, 7) is 0.530. The molecule has 1 aliphatic carbocycles. The molecule has 176 valence electrons. The van der Waals surface area contributed by atoms with Crippen LogP contribution in [0.5, 0.6) is 0 Å². The number of hydrogen-bond acceptors (Lipinski definition) is 9. The Morgan fingerprint density at radius 3 is 2.89 bits per heavy atom. The van der Waals surface area contributed by atoms with E-state index in [4.69, 9.17) is 4.98 Å². The van der Waals surface area contributed by atoms with Crippen LogP contribution in [0.1, 0.15) is 29.7 Å². The Morgan fingerprint density at radius 1 is 1.11 bits per heavy atom. The van der Waals surface area contributed by atoms with Crippen molar-refractivity contribution in [2.45, 2.75) is 31.3 Å². The normalized spacial score (nSPS) is 19.3. The van der Waals surface area contributed by atoms with Crippen LogP contribution in [0.4, 0.5) is 11.8 Å². The third kappa shape index (κ3) is 3.94. The fourth-order valence-corrected chi connectivity index (χ4v) is 5.43. The van der Waals surface area contributed by atoms with Crippen LogP contribution in [0.25, 0.3) is 22.0 Å². The molecule has 0 spiro atoms. The molecule has 1 saturated heterocycles. The number of aryl methyl sites for hydroxylation is 2. The maximum absolute atomic E-state index is 12.5. The molecule has 4 heterocycles. The number of aromatic nitrogens is 5. The molecule has 4 aromatic rings. The van der Waals surface area contributed by atoms with Gasteiger partial charge in [0.25, 0.3) is 5.91 Å². The number of amides is 1. The van der Waals surface area contributed by atoms with E-state index < -0.39 is 5.60 Å². The van der Waals surface area contributed by atoms with Crippen molar-refractivity contribution in [3.05, 3.63) is 64.8 Å². The van der Waals surface area contributed by atoms with Crippen molar-refractivity contribution in [3.8, 4) is 22.0 Å². The number of aliphatic hydroxyl groups is 1. The summed E-state index contributed by atoms with van der Waals surface area (Å²) >= 11 is 1.48. The maximum Gasteiger partial charge on any atom is 0.258 e. The summed E-state index contributed by atoms with van der Waals surface area (Å²) in [7, 11) is 1.71. The van der Waals surface area contributed by atoms with Gasteiger partial charge in [0.05, 0.1) is 11.4 Å². The molecule has 1 amide bonds. The summed E-state index contributed by atoms with van der Waals surface area (Å²) < 4.78 is 0. The highest BCUT2D eigenvalue weighted by atomic mass is 32.1. The predicted octanol–water partition coefficient (Wildman–Crippen LogP) is 3.34. The highest BCUT2D eigenvalue weighted by Crippen LogP contribution is 2.36. The quantitative estimate of drug-likeness (QED) is 0.442. The van der Waals surface area contributed by atoms with Gasteiger partial charge in [0, 0.05) is 37.2 Å². The summed E-state index contributed by atoms with van der Waals surface area (Å²) in [5.74, 6) is 0.782. The number of nitrogens with zero attached hydrogens (tertiary/aromatic N) is 6. The fourth-order valence-electron chi connectivity index (χ4n) is 4.62. The molecule has 1 atom stereocenters. The number of nitrogens with one attached hydrogen (secondary N) is 1. The average molecular weight is 486 g/mol. The van der Waals surface area contributed by atoms with Gasteiger partial charge in [0.2, 0.25) is 5.95 Å². The number of fused-ring (bicyclic) bond motifs is 1. The lowest BCUT2D eigenvalue weighted by Crippen LogP contribution is -2.36. The van der Waals surface area contributed by atoms with Gasteiger partial charge in [-0.25, -0.2) is 15.0 Å². The zero-order valence-corrected chi connectivity index (χ0v) is 19.9. The Morgan fingerprint density at radius 2 is 2.03 bits per heavy atom. The second-order valence-electron chi connectivity index (χ2n) is 8.90.